The predicted molar refractivity (Wildman–Crippen MR) is 55.8 cm³/mol. The summed E-state index contributed by atoms with van der Waals surface area (Å²) in [4.78, 5) is 13.7. The molecule has 2 aliphatic heterocycles. The number of carboxylic acid groups (broad SMARTS) is 1. The predicted octanol–water partition coefficient (Wildman–Crippen LogP) is 1.10. The van der Waals surface area contributed by atoms with E-state index < -0.39 is 11.6 Å². The molecule has 0 saturated carbocycles. The molecule has 0 aromatic rings. The molecule has 2 unspecified atom stereocenters. The summed E-state index contributed by atoms with van der Waals surface area (Å²) in [6.45, 7) is 2.35. The summed E-state index contributed by atoms with van der Waals surface area (Å²) in [6.07, 6.45) is 3.51. The van der Waals surface area contributed by atoms with E-state index in [2.05, 4.69) is 11.9 Å². The maximum atomic E-state index is 11.3. The number of carboxylic acids is 1. The summed E-state index contributed by atoms with van der Waals surface area (Å²) in [5.41, 5.74) is -0.910. The van der Waals surface area contributed by atoms with Crippen molar-refractivity contribution in [3.63, 3.8) is 0 Å². The highest BCUT2D eigenvalue weighted by Crippen LogP contribution is 2.41. The zero-order valence-corrected chi connectivity index (χ0v) is 9.40. The molecule has 2 rings (SSSR count). The number of aliphatic carboxylic acids is 1. The van der Waals surface area contributed by atoms with Gasteiger partial charge in [-0.15, -0.1) is 0 Å². The van der Waals surface area contributed by atoms with E-state index in [0.717, 1.165) is 12.8 Å². The van der Waals surface area contributed by atoms with Gasteiger partial charge in [0.15, 0.2) is 5.60 Å². The number of rotatable bonds is 3. The SMILES string of the molecule is CCOC1(C(=O)O)CC2CCC(C1)N2C. The monoisotopic (exact) mass is 213 g/mol. The molecule has 1 N–H and O–H groups in total. The first-order valence-electron chi connectivity index (χ1n) is 5.68. The molecule has 2 fully saturated rings. The third-order valence-corrected chi connectivity index (χ3v) is 3.93. The van der Waals surface area contributed by atoms with Crippen LogP contribution < -0.4 is 0 Å². The zero-order chi connectivity index (χ0) is 11.1. The highest BCUT2D eigenvalue weighted by atomic mass is 16.5. The van der Waals surface area contributed by atoms with Crippen LogP contribution in [0.15, 0.2) is 0 Å². The first kappa shape index (κ1) is 10.9. The van der Waals surface area contributed by atoms with Gasteiger partial charge in [0.1, 0.15) is 0 Å². The normalized spacial score (nSPS) is 40.7. The van der Waals surface area contributed by atoms with Crippen molar-refractivity contribution in [1.82, 2.24) is 4.90 Å². The van der Waals surface area contributed by atoms with Gasteiger partial charge in [0.25, 0.3) is 0 Å². The number of piperidine rings is 1. The van der Waals surface area contributed by atoms with E-state index in [-0.39, 0.29) is 0 Å². The van der Waals surface area contributed by atoms with Crippen LogP contribution in [0.1, 0.15) is 32.6 Å². The Bertz CT molecular complexity index is 253. The van der Waals surface area contributed by atoms with Gasteiger partial charge in [0.05, 0.1) is 0 Å². The lowest BCUT2D eigenvalue weighted by atomic mass is 9.86. The summed E-state index contributed by atoms with van der Waals surface area (Å²) in [6, 6.07) is 0.790. The Morgan fingerprint density at radius 2 is 2.00 bits per heavy atom. The summed E-state index contributed by atoms with van der Waals surface area (Å²) in [5, 5.41) is 9.33. The molecule has 2 atom stereocenters. The van der Waals surface area contributed by atoms with Gasteiger partial charge >= 0.3 is 5.97 Å². The van der Waals surface area contributed by atoms with Crippen molar-refractivity contribution in [3.05, 3.63) is 0 Å². The highest BCUT2D eigenvalue weighted by Gasteiger charge is 2.52. The van der Waals surface area contributed by atoms with Crippen LogP contribution >= 0.6 is 0 Å². The van der Waals surface area contributed by atoms with Gasteiger partial charge in [0, 0.05) is 31.5 Å². The molecule has 4 nitrogen and oxygen atoms in total. The molecule has 2 aliphatic rings. The lowest BCUT2D eigenvalue weighted by Crippen LogP contribution is -2.54. The number of hydrogen-bond donors (Lipinski definition) is 1. The van der Waals surface area contributed by atoms with Crippen molar-refractivity contribution in [2.75, 3.05) is 13.7 Å². The summed E-state index contributed by atoms with van der Waals surface area (Å²) in [5.74, 6) is -0.783. The maximum Gasteiger partial charge on any atom is 0.336 e. The average molecular weight is 213 g/mol. The van der Waals surface area contributed by atoms with E-state index in [1.807, 2.05) is 6.92 Å². The molecule has 2 bridgehead atoms. The van der Waals surface area contributed by atoms with Gasteiger partial charge in [-0.2, -0.15) is 0 Å². The number of fused-ring (bicyclic) bond motifs is 2. The lowest BCUT2D eigenvalue weighted by Gasteiger charge is -2.42. The summed E-state index contributed by atoms with van der Waals surface area (Å²) >= 11 is 0. The fraction of sp³-hybridized carbons (Fsp3) is 0.909. The minimum Gasteiger partial charge on any atom is -0.479 e. The maximum absolute atomic E-state index is 11.3. The Kier molecular flexibility index (Phi) is 2.73. The second-order valence-electron chi connectivity index (χ2n) is 4.69. The van der Waals surface area contributed by atoms with Gasteiger partial charge in [-0.1, -0.05) is 0 Å². The second kappa shape index (κ2) is 3.76. The largest absolute Gasteiger partial charge is 0.479 e. The molecule has 0 aliphatic carbocycles. The molecule has 86 valence electrons. The Hall–Kier alpha value is -0.610. The van der Waals surface area contributed by atoms with Crippen LogP contribution in [0.25, 0.3) is 0 Å². The molecule has 2 heterocycles. The van der Waals surface area contributed by atoms with Crippen molar-refractivity contribution in [2.24, 2.45) is 0 Å². The highest BCUT2D eigenvalue weighted by molar-refractivity contribution is 5.78. The van der Waals surface area contributed by atoms with Gasteiger partial charge in [-0.25, -0.2) is 4.79 Å². The Labute approximate surface area is 90.2 Å². The molecule has 0 aromatic carbocycles. The second-order valence-corrected chi connectivity index (χ2v) is 4.69. The summed E-state index contributed by atoms with van der Waals surface area (Å²) < 4.78 is 5.53. The van der Waals surface area contributed by atoms with Crippen molar-refractivity contribution >= 4 is 5.97 Å². The van der Waals surface area contributed by atoms with E-state index in [1.54, 1.807) is 0 Å². The van der Waals surface area contributed by atoms with Crippen LogP contribution in [0.5, 0.6) is 0 Å². The smallest absolute Gasteiger partial charge is 0.336 e. The van der Waals surface area contributed by atoms with Crippen LogP contribution in [-0.2, 0) is 9.53 Å². The van der Waals surface area contributed by atoms with E-state index >= 15 is 0 Å². The van der Waals surface area contributed by atoms with Gasteiger partial charge in [-0.3, -0.25) is 0 Å². The van der Waals surface area contributed by atoms with Crippen molar-refractivity contribution < 1.29 is 14.6 Å². The Morgan fingerprint density at radius 1 is 1.47 bits per heavy atom. The average Bonchev–Trinajstić information content (AvgIpc) is 2.43. The van der Waals surface area contributed by atoms with E-state index in [1.165, 1.54) is 0 Å². The van der Waals surface area contributed by atoms with Crippen LogP contribution in [0.4, 0.5) is 0 Å². The van der Waals surface area contributed by atoms with Crippen LogP contribution in [0, 0.1) is 0 Å². The molecular formula is C11H19NO3. The first-order chi connectivity index (χ1) is 7.09. The van der Waals surface area contributed by atoms with Crippen molar-refractivity contribution in [1.29, 1.82) is 0 Å². The zero-order valence-electron chi connectivity index (χ0n) is 9.40. The Morgan fingerprint density at radius 3 is 2.40 bits per heavy atom. The molecule has 0 spiro atoms. The van der Waals surface area contributed by atoms with Gasteiger partial charge in [0.2, 0.25) is 0 Å². The number of nitrogens with zero attached hydrogens (tertiary/aromatic N) is 1. The van der Waals surface area contributed by atoms with Crippen LogP contribution in [0.2, 0.25) is 0 Å². The number of carbonyl (C=O) groups is 1. The fourth-order valence-electron chi connectivity index (χ4n) is 3.06. The van der Waals surface area contributed by atoms with Crippen LogP contribution in [0.3, 0.4) is 0 Å². The van der Waals surface area contributed by atoms with E-state index in [0.29, 0.717) is 31.5 Å². The quantitative estimate of drug-likeness (QED) is 0.762. The van der Waals surface area contributed by atoms with E-state index in [9.17, 15) is 9.90 Å². The summed E-state index contributed by atoms with van der Waals surface area (Å²) in [7, 11) is 2.10. The van der Waals surface area contributed by atoms with Gasteiger partial charge < -0.3 is 14.7 Å². The molecule has 0 aromatic heterocycles. The fourth-order valence-corrected chi connectivity index (χ4v) is 3.06. The molecule has 0 radical (unpaired) electrons. The van der Waals surface area contributed by atoms with Gasteiger partial charge in [-0.05, 0) is 26.8 Å². The van der Waals surface area contributed by atoms with Crippen LogP contribution in [-0.4, -0.2) is 47.3 Å². The lowest BCUT2D eigenvalue weighted by molar-refractivity contribution is -0.175. The number of ether oxygens (including phenoxy) is 1. The first-order valence-corrected chi connectivity index (χ1v) is 5.68. The minimum absolute atomic E-state index is 0.395. The minimum atomic E-state index is -0.910. The van der Waals surface area contributed by atoms with Crippen molar-refractivity contribution in [2.45, 2.75) is 50.3 Å². The Balaban J connectivity index is 2.19. The molecule has 2 saturated heterocycles. The molecule has 4 heteroatoms. The standard InChI is InChI=1S/C11H19NO3/c1-3-15-11(10(13)14)6-8-4-5-9(7-11)12(8)2/h8-9H,3-7H2,1-2H3,(H,13,14). The third-order valence-electron chi connectivity index (χ3n) is 3.93. The molecule has 15 heavy (non-hydrogen) atoms. The topological polar surface area (TPSA) is 49.8 Å². The molecule has 0 amide bonds. The molecular weight excluding hydrogens is 194 g/mol. The third kappa shape index (κ3) is 1.66. The number of hydrogen-bond acceptors (Lipinski definition) is 3. The van der Waals surface area contributed by atoms with Crippen molar-refractivity contribution in [3.8, 4) is 0 Å². The van der Waals surface area contributed by atoms with E-state index in [4.69, 9.17) is 4.74 Å².